The van der Waals surface area contributed by atoms with Crippen molar-refractivity contribution in [2.24, 2.45) is 5.92 Å². The fourth-order valence-corrected chi connectivity index (χ4v) is 2.83. The summed E-state index contributed by atoms with van der Waals surface area (Å²) in [5, 5.41) is 3.26. The van der Waals surface area contributed by atoms with Crippen LogP contribution in [0.3, 0.4) is 0 Å². The molecule has 0 bridgehead atoms. The molecule has 1 fully saturated rings. The maximum atomic E-state index is 12.1. The highest BCUT2D eigenvalue weighted by Gasteiger charge is 2.26. The van der Waals surface area contributed by atoms with Gasteiger partial charge >= 0.3 is 5.97 Å². The van der Waals surface area contributed by atoms with Crippen LogP contribution < -0.4 is 5.32 Å². The summed E-state index contributed by atoms with van der Waals surface area (Å²) in [6.45, 7) is 2.85. The van der Waals surface area contributed by atoms with Crippen molar-refractivity contribution < 1.29 is 14.3 Å². The average molecular weight is 275 g/mol. The smallest absolute Gasteiger partial charge is 0.323 e. The Morgan fingerprint density at radius 3 is 2.80 bits per heavy atom. The molecule has 1 N–H and O–H groups in total. The van der Waals surface area contributed by atoms with E-state index < -0.39 is 0 Å². The molecule has 1 atom stereocenters. The lowest BCUT2D eigenvalue weighted by molar-refractivity contribution is -0.148. The summed E-state index contributed by atoms with van der Waals surface area (Å²) in [5.74, 6) is 0.342. The molecular formula is C16H21NO3. The third kappa shape index (κ3) is 3.19. The first-order valence-corrected chi connectivity index (χ1v) is 7.37. The van der Waals surface area contributed by atoms with E-state index in [1.54, 1.807) is 0 Å². The van der Waals surface area contributed by atoms with E-state index in [9.17, 15) is 4.79 Å². The molecule has 1 aromatic carbocycles. The second-order valence-electron chi connectivity index (χ2n) is 5.59. The first-order valence-electron chi connectivity index (χ1n) is 7.37. The van der Waals surface area contributed by atoms with E-state index in [2.05, 4.69) is 17.4 Å². The van der Waals surface area contributed by atoms with Gasteiger partial charge in [0.2, 0.25) is 0 Å². The molecule has 108 valence electrons. The van der Waals surface area contributed by atoms with Gasteiger partial charge in [-0.25, -0.2) is 0 Å². The van der Waals surface area contributed by atoms with Crippen molar-refractivity contribution in [2.45, 2.75) is 31.8 Å². The summed E-state index contributed by atoms with van der Waals surface area (Å²) in [6, 6.07) is 8.05. The van der Waals surface area contributed by atoms with Crippen molar-refractivity contribution in [1.29, 1.82) is 0 Å². The molecule has 0 spiro atoms. The van der Waals surface area contributed by atoms with Gasteiger partial charge in [0, 0.05) is 19.8 Å². The van der Waals surface area contributed by atoms with Gasteiger partial charge in [0.1, 0.15) is 6.04 Å². The molecule has 4 heteroatoms. The normalized spacial score (nSPS) is 23.1. The molecule has 1 aromatic rings. The Hall–Kier alpha value is -1.39. The molecule has 0 amide bonds. The number of esters is 1. The number of rotatable bonds is 3. The summed E-state index contributed by atoms with van der Waals surface area (Å²) in [6.07, 6.45) is 2.71. The summed E-state index contributed by atoms with van der Waals surface area (Å²) < 4.78 is 10.8. The lowest BCUT2D eigenvalue weighted by atomic mass is 9.96. The third-order valence-corrected chi connectivity index (χ3v) is 4.17. The largest absolute Gasteiger partial charge is 0.464 e. The highest BCUT2D eigenvalue weighted by Crippen LogP contribution is 2.18. The van der Waals surface area contributed by atoms with E-state index in [-0.39, 0.29) is 12.0 Å². The van der Waals surface area contributed by atoms with E-state index in [0.717, 1.165) is 39.0 Å². The van der Waals surface area contributed by atoms with Crippen LogP contribution in [0, 0.1) is 5.92 Å². The molecule has 0 aliphatic carbocycles. The Kier molecular flexibility index (Phi) is 4.33. The Morgan fingerprint density at radius 1 is 1.25 bits per heavy atom. The predicted octanol–water partition coefficient (Wildman–Crippen LogP) is 1.67. The molecular weight excluding hydrogens is 254 g/mol. The topological polar surface area (TPSA) is 47.6 Å². The van der Waals surface area contributed by atoms with Crippen LogP contribution in [0.1, 0.15) is 24.0 Å². The quantitative estimate of drug-likeness (QED) is 0.853. The number of fused-ring (bicyclic) bond motifs is 1. The summed E-state index contributed by atoms with van der Waals surface area (Å²) in [7, 11) is 0. The number of nitrogens with one attached hydrogen (secondary N) is 1. The second kappa shape index (κ2) is 6.37. The van der Waals surface area contributed by atoms with Crippen LogP contribution in [0.4, 0.5) is 0 Å². The van der Waals surface area contributed by atoms with Crippen LogP contribution >= 0.6 is 0 Å². The SMILES string of the molecule is O=C(OCC1CCOCC1)[C@@H]1Cc2ccccc2CN1. The molecule has 2 aliphatic rings. The van der Waals surface area contributed by atoms with Gasteiger partial charge in [-0.05, 0) is 36.3 Å². The third-order valence-electron chi connectivity index (χ3n) is 4.17. The fraction of sp³-hybridized carbons (Fsp3) is 0.562. The number of benzene rings is 1. The first kappa shape index (κ1) is 13.6. The maximum Gasteiger partial charge on any atom is 0.323 e. The zero-order valence-corrected chi connectivity index (χ0v) is 11.6. The summed E-state index contributed by atoms with van der Waals surface area (Å²) in [4.78, 5) is 12.1. The van der Waals surface area contributed by atoms with Crippen molar-refractivity contribution in [3.05, 3.63) is 35.4 Å². The molecule has 0 radical (unpaired) electrons. The van der Waals surface area contributed by atoms with Crippen LogP contribution in [-0.4, -0.2) is 31.8 Å². The van der Waals surface area contributed by atoms with Crippen molar-refractivity contribution in [1.82, 2.24) is 5.32 Å². The van der Waals surface area contributed by atoms with Crippen molar-refractivity contribution >= 4 is 5.97 Å². The van der Waals surface area contributed by atoms with Crippen LogP contribution in [-0.2, 0) is 27.2 Å². The summed E-state index contributed by atoms with van der Waals surface area (Å²) in [5.41, 5.74) is 2.53. The van der Waals surface area contributed by atoms with Crippen LogP contribution in [0.2, 0.25) is 0 Å². The monoisotopic (exact) mass is 275 g/mol. The Bertz CT molecular complexity index is 469. The zero-order valence-electron chi connectivity index (χ0n) is 11.6. The van der Waals surface area contributed by atoms with Gasteiger partial charge in [-0.2, -0.15) is 0 Å². The molecule has 2 heterocycles. The minimum Gasteiger partial charge on any atom is -0.464 e. The Labute approximate surface area is 119 Å². The maximum absolute atomic E-state index is 12.1. The Balaban J connectivity index is 1.51. The first-order chi connectivity index (χ1) is 9.83. The van der Waals surface area contributed by atoms with Gasteiger partial charge in [0.25, 0.3) is 0 Å². The van der Waals surface area contributed by atoms with Gasteiger partial charge < -0.3 is 14.8 Å². The van der Waals surface area contributed by atoms with Gasteiger partial charge in [-0.1, -0.05) is 24.3 Å². The number of ether oxygens (including phenoxy) is 2. The molecule has 1 saturated heterocycles. The minimum atomic E-state index is -0.204. The summed E-state index contributed by atoms with van der Waals surface area (Å²) >= 11 is 0. The number of hydrogen-bond donors (Lipinski definition) is 1. The highest BCUT2D eigenvalue weighted by molar-refractivity contribution is 5.76. The van der Waals surface area contributed by atoms with Crippen LogP contribution in [0.5, 0.6) is 0 Å². The lowest BCUT2D eigenvalue weighted by Gasteiger charge is -2.26. The minimum absolute atomic E-state index is 0.119. The number of carbonyl (C=O) groups excluding carboxylic acids is 1. The molecule has 0 aromatic heterocycles. The van der Waals surface area contributed by atoms with E-state index in [4.69, 9.17) is 9.47 Å². The van der Waals surface area contributed by atoms with Gasteiger partial charge in [0.15, 0.2) is 0 Å². The standard InChI is InChI=1S/C16H21NO3/c18-16(20-11-12-5-7-19-8-6-12)15-9-13-3-1-2-4-14(13)10-17-15/h1-4,12,15,17H,5-11H2/t15-/m0/s1. The molecule has 0 saturated carbocycles. The molecule has 0 unspecified atom stereocenters. The number of carbonyl (C=O) groups is 1. The highest BCUT2D eigenvalue weighted by atomic mass is 16.5. The molecule has 3 rings (SSSR count). The van der Waals surface area contributed by atoms with Crippen molar-refractivity contribution in [3.8, 4) is 0 Å². The predicted molar refractivity (Wildman–Crippen MR) is 75.3 cm³/mol. The van der Waals surface area contributed by atoms with Gasteiger partial charge in [-0.3, -0.25) is 4.79 Å². The van der Waals surface area contributed by atoms with E-state index in [1.807, 2.05) is 12.1 Å². The molecule has 2 aliphatic heterocycles. The van der Waals surface area contributed by atoms with Gasteiger partial charge in [-0.15, -0.1) is 0 Å². The van der Waals surface area contributed by atoms with E-state index in [0.29, 0.717) is 12.5 Å². The average Bonchev–Trinajstić information content (AvgIpc) is 2.53. The van der Waals surface area contributed by atoms with Crippen molar-refractivity contribution in [3.63, 3.8) is 0 Å². The lowest BCUT2D eigenvalue weighted by Crippen LogP contribution is -2.43. The Morgan fingerprint density at radius 2 is 2.00 bits per heavy atom. The molecule has 4 nitrogen and oxygen atoms in total. The van der Waals surface area contributed by atoms with E-state index in [1.165, 1.54) is 11.1 Å². The van der Waals surface area contributed by atoms with Gasteiger partial charge in [0.05, 0.1) is 6.61 Å². The van der Waals surface area contributed by atoms with Crippen LogP contribution in [0.25, 0.3) is 0 Å². The van der Waals surface area contributed by atoms with Crippen LogP contribution in [0.15, 0.2) is 24.3 Å². The molecule has 20 heavy (non-hydrogen) atoms. The fourth-order valence-electron chi connectivity index (χ4n) is 2.83. The zero-order chi connectivity index (χ0) is 13.8. The van der Waals surface area contributed by atoms with Crippen molar-refractivity contribution in [2.75, 3.05) is 19.8 Å². The number of hydrogen-bond acceptors (Lipinski definition) is 4. The second-order valence-corrected chi connectivity index (χ2v) is 5.59. The van der Waals surface area contributed by atoms with E-state index >= 15 is 0 Å².